The molecule has 1 rings (SSSR count). The minimum Gasteiger partial charge on any atom is -0.493 e. The maximum absolute atomic E-state index is 11.4. The molecule has 1 aromatic rings. The van der Waals surface area contributed by atoms with Crippen molar-refractivity contribution in [2.45, 2.75) is 20.4 Å². The molecule has 0 aliphatic carbocycles. The van der Waals surface area contributed by atoms with Crippen LogP contribution in [0.3, 0.4) is 0 Å². The van der Waals surface area contributed by atoms with Crippen LogP contribution < -0.4 is 25.8 Å². The van der Waals surface area contributed by atoms with E-state index in [-0.39, 0.29) is 12.5 Å². The number of hydrogen-bond acceptors (Lipinski definition) is 4. The van der Waals surface area contributed by atoms with Crippen LogP contribution in [0.1, 0.15) is 19.4 Å². The number of amides is 1. The SMILES string of the molecule is C=C(C)CNC(N)=NCc1ccc(OCC(=O)NCC)c(OC)c1. The molecule has 0 saturated heterocycles. The van der Waals surface area contributed by atoms with E-state index < -0.39 is 0 Å². The predicted octanol–water partition coefficient (Wildman–Crippen LogP) is 1.19. The van der Waals surface area contributed by atoms with Gasteiger partial charge in [-0.25, -0.2) is 4.99 Å². The van der Waals surface area contributed by atoms with Crippen LogP contribution in [0.5, 0.6) is 11.5 Å². The Morgan fingerprint density at radius 2 is 2.08 bits per heavy atom. The van der Waals surface area contributed by atoms with E-state index in [9.17, 15) is 4.79 Å². The molecule has 0 unspecified atom stereocenters. The first-order valence-electron chi connectivity index (χ1n) is 7.70. The molecule has 7 nitrogen and oxygen atoms in total. The number of aliphatic imine (C=N–C) groups is 1. The minimum atomic E-state index is -0.176. The molecule has 0 aliphatic rings. The van der Waals surface area contributed by atoms with Gasteiger partial charge < -0.3 is 25.8 Å². The van der Waals surface area contributed by atoms with Crippen molar-refractivity contribution in [1.29, 1.82) is 0 Å². The van der Waals surface area contributed by atoms with Gasteiger partial charge in [0.1, 0.15) is 0 Å². The van der Waals surface area contributed by atoms with E-state index in [2.05, 4.69) is 22.2 Å². The molecule has 24 heavy (non-hydrogen) atoms. The average molecular weight is 334 g/mol. The molecule has 1 aromatic carbocycles. The van der Waals surface area contributed by atoms with Crippen LogP contribution >= 0.6 is 0 Å². The molecular formula is C17H26N4O3. The summed E-state index contributed by atoms with van der Waals surface area (Å²) in [4.78, 5) is 15.7. The normalized spacial score (nSPS) is 10.9. The molecule has 0 aromatic heterocycles. The van der Waals surface area contributed by atoms with Crippen LogP contribution in [0.4, 0.5) is 0 Å². The summed E-state index contributed by atoms with van der Waals surface area (Å²) in [6, 6.07) is 5.41. The van der Waals surface area contributed by atoms with Gasteiger partial charge in [-0.3, -0.25) is 4.79 Å². The number of carbonyl (C=O) groups excluding carboxylic acids is 1. The van der Waals surface area contributed by atoms with Crippen LogP contribution in [0.25, 0.3) is 0 Å². The molecule has 1 amide bonds. The highest BCUT2D eigenvalue weighted by molar-refractivity contribution is 5.78. The maximum Gasteiger partial charge on any atom is 0.257 e. The third-order valence-electron chi connectivity index (χ3n) is 2.96. The molecule has 0 atom stereocenters. The van der Waals surface area contributed by atoms with Gasteiger partial charge >= 0.3 is 0 Å². The second-order valence-corrected chi connectivity index (χ2v) is 5.24. The van der Waals surface area contributed by atoms with Crippen LogP contribution in [0.15, 0.2) is 35.3 Å². The third kappa shape index (κ3) is 7.04. The highest BCUT2D eigenvalue weighted by Crippen LogP contribution is 2.28. The van der Waals surface area contributed by atoms with Gasteiger partial charge in [-0.1, -0.05) is 18.2 Å². The van der Waals surface area contributed by atoms with Crippen molar-refractivity contribution in [3.63, 3.8) is 0 Å². The first-order valence-corrected chi connectivity index (χ1v) is 7.70. The molecule has 7 heteroatoms. The standard InChI is InChI=1S/C17H26N4O3/c1-5-19-16(22)11-24-14-7-6-13(8-15(14)23-4)10-21-17(18)20-9-12(2)3/h6-8H,2,5,9-11H2,1,3-4H3,(H,19,22)(H3,18,20,21). The molecule has 4 N–H and O–H groups in total. The molecular weight excluding hydrogens is 308 g/mol. The molecule has 0 spiro atoms. The molecule has 0 saturated carbocycles. The lowest BCUT2D eigenvalue weighted by molar-refractivity contribution is -0.123. The van der Waals surface area contributed by atoms with Crippen molar-refractivity contribution in [2.75, 3.05) is 26.8 Å². The fourth-order valence-electron chi connectivity index (χ4n) is 1.79. The minimum absolute atomic E-state index is 0.0561. The number of methoxy groups -OCH3 is 1. The number of hydrogen-bond donors (Lipinski definition) is 3. The quantitative estimate of drug-likeness (QED) is 0.358. The molecule has 132 valence electrons. The molecule has 0 fully saturated rings. The smallest absolute Gasteiger partial charge is 0.257 e. The van der Waals surface area contributed by atoms with Crippen molar-refractivity contribution in [3.8, 4) is 11.5 Å². The van der Waals surface area contributed by atoms with Gasteiger partial charge in [0.2, 0.25) is 0 Å². The van der Waals surface area contributed by atoms with Crippen molar-refractivity contribution in [2.24, 2.45) is 10.7 Å². The lowest BCUT2D eigenvalue weighted by atomic mass is 10.2. The molecule has 0 heterocycles. The first-order chi connectivity index (χ1) is 11.5. The van der Waals surface area contributed by atoms with Gasteiger partial charge in [-0.15, -0.1) is 0 Å². The van der Waals surface area contributed by atoms with E-state index in [4.69, 9.17) is 15.2 Å². The lowest BCUT2D eigenvalue weighted by Crippen LogP contribution is -2.32. The number of nitrogens with zero attached hydrogens (tertiary/aromatic N) is 1. The molecule has 0 bridgehead atoms. The number of nitrogens with one attached hydrogen (secondary N) is 2. The topological polar surface area (TPSA) is 98.0 Å². The highest BCUT2D eigenvalue weighted by Gasteiger charge is 2.08. The van der Waals surface area contributed by atoms with Gasteiger partial charge in [0.05, 0.1) is 13.7 Å². The fraction of sp³-hybridized carbons (Fsp3) is 0.412. The summed E-state index contributed by atoms with van der Waals surface area (Å²) in [7, 11) is 1.55. The van der Waals surface area contributed by atoms with Crippen LogP contribution in [0, 0.1) is 0 Å². The predicted molar refractivity (Wildman–Crippen MR) is 95.3 cm³/mol. The number of likely N-dealkylation sites (N-methyl/N-ethyl adjacent to an activating group) is 1. The summed E-state index contributed by atoms with van der Waals surface area (Å²) in [5.74, 6) is 1.23. The van der Waals surface area contributed by atoms with E-state index in [0.29, 0.717) is 37.1 Å². The zero-order chi connectivity index (χ0) is 17.9. The first kappa shape index (κ1) is 19.3. The Morgan fingerprint density at radius 3 is 2.71 bits per heavy atom. The summed E-state index contributed by atoms with van der Waals surface area (Å²) in [5.41, 5.74) is 7.67. The van der Waals surface area contributed by atoms with Crippen molar-refractivity contribution in [3.05, 3.63) is 35.9 Å². The van der Waals surface area contributed by atoms with Crippen LogP contribution in [-0.4, -0.2) is 38.7 Å². The van der Waals surface area contributed by atoms with Crippen molar-refractivity contribution in [1.82, 2.24) is 10.6 Å². The van der Waals surface area contributed by atoms with Crippen LogP contribution in [-0.2, 0) is 11.3 Å². The second-order valence-electron chi connectivity index (χ2n) is 5.24. The number of guanidine groups is 1. The zero-order valence-corrected chi connectivity index (χ0v) is 14.5. The van der Waals surface area contributed by atoms with Crippen molar-refractivity contribution < 1.29 is 14.3 Å². The average Bonchev–Trinajstić information content (AvgIpc) is 2.56. The van der Waals surface area contributed by atoms with E-state index in [1.54, 1.807) is 13.2 Å². The number of rotatable bonds is 9. The second kappa shape index (κ2) is 10.1. The summed E-state index contributed by atoms with van der Waals surface area (Å²) >= 11 is 0. The van der Waals surface area contributed by atoms with E-state index in [1.807, 2.05) is 26.0 Å². The Kier molecular flexibility index (Phi) is 8.18. The maximum atomic E-state index is 11.4. The number of ether oxygens (including phenoxy) is 2. The van der Waals surface area contributed by atoms with Crippen molar-refractivity contribution >= 4 is 11.9 Å². The lowest BCUT2D eigenvalue weighted by Gasteiger charge is -2.12. The van der Waals surface area contributed by atoms with E-state index in [0.717, 1.165) is 11.1 Å². The Labute approximate surface area is 142 Å². The molecule has 0 aliphatic heterocycles. The van der Waals surface area contributed by atoms with Gasteiger partial charge in [0, 0.05) is 13.1 Å². The summed E-state index contributed by atoms with van der Waals surface area (Å²) in [6.45, 7) is 9.05. The zero-order valence-electron chi connectivity index (χ0n) is 14.5. The number of benzene rings is 1. The fourth-order valence-corrected chi connectivity index (χ4v) is 1.79. The Morgan fingerprint density at radius 1 is 1.33 bits per heavy atom. The third-order valence-corrected chi connectivity index (χ3v) is 2.96. The van der Waals surface area contributed by atoms with Crippen LogP contribution in [0.2, 0.25) is 0 Å². The summed E-state index contributed by atoms with van der Waals surface area (Å²) < 4.78 is 10.8. The van der Waals surface area contributed by atoms with Gasteiger partial charge in [0.15, 0.2) is 24.1 Å². The number of carbonyl (C=O) groups is 1. The largest absolute Gasteiger partial charge is 0.493 e. The Hall–Kier alpha value is -2.70. The molecule has 0 radical (unpaired) electrons. The Bertz CT molecular complexity index is 599. The Balaban J connectivity index is 2.67. The van der Waals surface area contributed by atoms with E-state index >= 15 is 0 Å². The summed E-state index contributed by atoms with van der Waals surface area (Å²) in [6.07, 6.45) is 0. The van der Waals surface area contributed by atoms with Gasteiger partial charge in [-0.2, -0.15) is 0 Å². The number of nitrogens with two attached hydrogens (primary N) is 1. The summed E-state index contributed by atoms with van der Waals surface area (Å²) in [5, 5.41) is 5.63. The van der Waals surface area contributed by atoms with Gasteiger partial charge in [-0.05, 0) is 31.5 Å². The van der Waals surface area contributed by atoms with Gasteiger partial charge in [0.25, 0.3) is 5.91 Å². The highest BCUT2D eigenvalue weighted by atomic mass is 16.5. The monoisotopic (exact) mass is 334 g/mol. The van der Waals surface area contributed by atoms with E-state index in [1.165, 1.54) is 0 Å².